The molecule has 1 aromatic carbocycles. The van der Waals surface area contributed by atoms with Crippen molar-refractivity contribution in [3.8, 4) is 5.75 Å². The van der Waals surface area contributed by atoms with Crippen LogP contribution < -0.4 is 10.2 Å². The third kappa shape index (κ3) is 3.34. The van der Waals surface area contributed by atoms with Crippen LogP contribution in [0.1, 0.15) is 38.7 Å². The van der Waals surface area contributed by atoms with E-state index in [-0.39, 0.29) is 0 Å². The van der Waals surface area contributed by atoms with Crippen LogP contribution >= 0.6 is 0 Å². The number of rotatable bonds is 4. The molecule has 4 nitrogen and oxygen atoms in total. The maximum Gasteiger partial charge on any atom is 0.488 e. The van der Waals surface area contributed by atoms with Gasteiger partial charge in [0, 0.05) is 18.6 Å². The predicted octanol–water partition coefficient (Wildman–Crippen LogP) is 1.14. The van der Waals surface area contributed by atoms with E-state index in [1.165, 1.54) is 19.3 Å². The van der Waals surface area contributed by atoms with E-state index in [0.717, 1.165) is 17.9 Å². The van der Waals surface area contributed by atoms with E-state index >= 15 is 0 Å². The van der Waals surface area contributed by atoms with Gasteiger partial charge in [0.05, 0.1) is 7.11 Å². The van der Waals surface area contributed by atoms with Crippen molar-refractivity contribution in [3.63, 3.8) is 0 Å². The number of hydrogen-bond donors (Lipinski definition) is 2. The first-order valence-electron chi connectivity index (χ1n) is 7.31. The normalized spacial score (nSPS) is 23.6. The fourth-order valence-electron chi connectivity index (χ4n) is 3.08. The lowest BCUT2D eigenvalue weighted by molar-refractivity contribution is 0.0954. The van der Waals surface area contributed by atoms with Gasteiger partial charge >= 0.3 is 7.12 Å². The van der Waals surface area contributed by atoms with Gasteiger partial charge in [-0.25, -0.2) is 0 Å². The highest BCUT2D eigenvalue weighted by atomic mass is 16.5. The van der Waals surface area contributed by atoms with E-state index in [9.17, 15) is 10.0 Å². The monoisotopic (exact) mass is 277 g/mol. The summed E-state index contributed by atoms with van der Waals surface area (Å²) in [5.74, 6) is 0.752. The smallest absolute Gasteiger partial charge is 0.488 e. The number of hydrogen-bond acceptors (Lipinski definition) is 4. The van der Waals surface area contributed by atoms with Gasteiger partial charge < -0.3 is 14.8 Å². The fraction of sp³-hybridized carbons (Fsp3) is 0.600. The van der Waals surface area contributed by atoms with Crippen LogP contribution in [0.3, 0.4) is 0 Å². The molecule has 2 rings (SSSR count). The Kier molecular flexibility index (Phi) is 5.08. The number of methoxy groups -OCH3 is 1. The second-order valence-corrected chi connectivity index (χ2v) is 5.74. The molecule has 0 radical (unpaired) electrons. The molecule has 2 unspecified atom stereocenters. The topological polar surface area (TPSA) is 52.9 Å². The van der Waals surface area contributed by atoms with Crippen molar-refractivity contribution in [2.24, 2.45) is 0 Å². The molecule has 0 bridgehead atoms. The predicted molar refractivity (Wildman–Crippen MR) is 81.1 cm³/mol. The third-order valence-electron chi connectivity index (χ3n) is 4.36. The van der Waals surface area contributed by atoms with Gasteiger partial charge in [0.15, 0.2) is 0 Å². The molecule has 1 aromatic rings. The molecule has 5 heteroatoms. The number of likely N-dealkylation sites (tertiary alicyclic amines) is 1. The van der Waals surface area contributed by atoms with Crippen molar-refractivity contribution < 1.29 is 14.8 Å². The Balaban J connectivity index is 2.26. The Labute approximate surface area is 121 Å². The van der Waals surface area contributed by atoms with Gasteiger partial charge in [-0.1, -0.05) is 12.5 Å². The molecule has 2 N–H and O–H groups in total. The quantitative estimate of drug-likeness (QED) is 0.810. The summed E-state index contributed by atoms with van der Waals surface area (Å²) in [6.45, 7) is 5.21. The molecular formula is C15H24BNO3. The van der Waals surface area contributed by atoms with Gasteiger partial charge in [-0.3, -0.25) is 4.90 Å². The highest BCUT2D eigenvalue weighted by molar-refractivity contribution is 6.59. The Morgan fingerprint density at radius 2 is 1.90 bits per heavy atom. The number of piperidine rings is 1. The van der Waals surface area contributed by atoms with Gasteiger partial charge in [-0.15, -0.1) is 0 Å². The molecule has 0 aromatic heterocycles. The van der Waals surface area contributed by atoms with E-state index in [1.54, 1.807) is 19.2 Å². The Bertz CT molecular complexity index is 443. The summed E-state index contributed by atoms with van der Waals surface area (Å²) in [5, 5.41) is 19.1. The lowest BCUT2D eigenvalue weighted by Gasteiger charge is -2.39. The average molecular weight is 277 g/mol. The molecule has 1 fully saturated rings. The van der Waals surface area contributed by atoms with Crippen LogP contribution in [0, 0.1) is 0 Å². The molecule has 110 valence electrons. The van der Waals surface area contributed by atoms with E-state index in [2.05, 4.69) is 18.7 Å². The zero-order chi connectivity index (χ0) is 14.7. The molecule has 1 saturated heterocycles. The molecule has 2 atom stereocenters. The van der Waals surface area contributed by atoms with Gasteiger partial charge in [-0.2, -0.15) is 0 Å². The van der Waals surface area contributed by atoms with Crippen molar-refractivity contribution >= 4 is 12.6 Å². The van der Waals surface area contributed by atoms with Gasteiger partial charge in [0.1, 0.15) is 5.75 Å². The summed E-state index contributed by atoms with van der Waals surface area (Å²) in [6, 6.07) is 6.45. The Hall–Kier alpha value is -1.04. The van der Waals surface area contributed by atoms with Crippen LogP contribution in [0.5, 0.6) is 5.75 Å². The molecule has 0 saturated carbocycles. The van der Waals surface area contributed by atoms with Crippen LogP contribution in [0.2, 0.25) is 0 Å². The lowest BCUT2D eigenvalue weighted by Crippen LogP contribution is -2.45. The van der Waals surface area contributed by atoms with Crippen LogP contribution in [0.4, 0.5) is 0 Å². The number of nitrogens with zero attached hydrogens (tertiary/aromatic N) is 1. The third-order valence-corrected chi connectivity index (χ3v) is 4.36. The molecule has 0 amide bonds. The first-order chi connectivity index (χ1) is 9.52. The lowest BCUT2D eigenvalue weighted by atomic mass is 9.76. The second-order valence-electron chi connectivity index (χ2n) is 5.74. The van der Waals surface area contributed by atoms with Crippen molar-refractivity contribution in [2.45, 2.75) is 51.7 Å². The van der Waals surface area contributed by atoms with E-state index in [0.29, 0.717) is 17.5 Å². The fourth-order valence-corrected chi connectivity index (χ4v) is 3.08. The Morgan fingerprint density at radius 3 is 2.45 bits per heavy atom. The van der Waals surface area contributed by atoms with Gasteiger partial charge in [0.25, 0.3) is 0 Å². The van der Waals surface area contributed by atoms with Crippen molar-refractivity contribution in [1.82, 2.24) is 4.90 Å². The van der Waals surface area contributed by atoms with E-state index in [4.69, 9.17) is 4.74 Å². The van der Waals surface area contributed by atoms with Crippen LogP contribution in [0.15, 0.2) is 18.2 Å². The van der Waals surface area contributed by atoms with E-state index in [1.807, 2.05) is 6.07 Å². The highest BCUT2D eigenvalue weighted by Gasteiger charge is 2.26. The summed E-state index contributed by atoms with van der Waals surface area (Å²) in [6.07, 6.45) is 3.67. The minimum Gasteiger partial charge on any atom is -0.497 e. The number of benzene rings is 1. The minimum absolute atomic E-state index is 0.522. The van der Waals surface area contributed by atoms with Crippen LogP contribution in [0.25, 0.3) is 0 Å². The first kappa shape index (κ1) is 15.4. The molecule has 0 aliphatic carbocycles. The number of ether oxygens (including phenoxy) is 1. The van der Waals surface area contributed by atoms with Gasteiger partial charge in [0.2, 0.25) is 0 Å². The summed E-state index contributed by atoms with van der Waals surface area (Å²) in [7, 11) is 0.187. The summed E-state index contributed by atoms with van der Waals surface area (Å²) >= 11 is 0. The SMILES string of the molecule is COc1ccc(B(O)O)c(CN2C(C)CCCC2C)c1. The largest absolute Gasteiger partial charge is 0.497 e. The standard InChI is InChI=1S/C15H24BNO3/c1-11-5-4-6-12(2)17(11)10-13-9-14(20-3)7-8-15(13)16(18)19/h7-9,11-12,18-19H,4-6,10H2,1-3H3. The average Bonchev–Trinajstić information content (AvgIpc) is 2.42. The highest BCUT2D eigenvalue weighted by Crippen LogP contribution is 2.25. The molecule has 1 aliphatic heterocycles. The van der Waals surface area contributed by atoms with Crippen molar-refractivity contribution in [1.29, 1.82) is 0 Å². The Morgan fingerprint density at radius 1 is 1.25 bits per heavy atom. The van der Waals surface area contributed by atoms with Crippen molar-refractivity contribution in [3.05, 3.63) is 23.8 Å². The van der Waals surface area contributed by atoms with Gasteiger partial charge in [-0.05, 0) is 49.8 Å². The minimum atomic E-state index is -1.44. The first-order valence-corrected chi connectivity index (χ1v) is 7.31. The molecule has 1 heterocycles. The summed E-state index contributed by atoms with van der Waals surface area (Å²) in [5.41, 5.74) is 1.50. The zero-order valence-electron chi connectivity index (χ0n) is 12.5. The van der Waals surface area contributed by atoms with Crippen LogP contribution in [-0.2, 0) is 6.54 Å². The molecular weight excluding hydrogens is 253 g/mol. The molecule has 20 heavy (non-hydrogen) atoms. The summed E-state index contributed by atoms with van der Waals surface area (Å²) in [4.78, 5) is 2.43. The summed E-state index contributed by atoms with van der Waals surface area (Å²) < 4.78 is 5.25. The maximum absolute atomic E-state index is 9.53. The molecule has 1 aliphatic rings. The maximum atomic E-state index is 9.53. The zero-order valence-corrected chi connectivity index (χ0v) is 12.5. The van der Waals surface area contributed by atoms with Crippen LogP contribution in [-0.4, -0.2) is 41.3 Å². The van der Waals surface area contributed by atoms with Crippen molar-refractivity contribution in [2.75, 3.05) is 7.11 Å². The molecule has 0 spiro atoms. The van der Waals surface area contributed by atoms with E-state index < -0.39 is 7.12 Å². The second kappa shape index (κ2) is 6.61.